The molecular weight excluding hydrogens is 313 g/mol. The summed E-state index contributed by atoms with van der Waals surface area (Å²) in [5, 5.41) is 4.65. The number of hydrogen-bond donors (Lipinski definition) is 1. The number of ether oxygens (including phenoxy) is 1. The number of methoxy groups -OCH3 is 1. The Morgan fingerprint density at radius 3 is 2.00 bits per heavy atom. The van der Waals surface area contributed by atoms with E-state index in [1.165, 1.54) is 0 Å². The molecule has 2 aromatic rings. The molecule has 0 bridgehead atoms. The summed E-state index contributed by atoms with van der Waals surface area (Å²) >= 11 is 5.49. The quantitative estimate of drug-likeness (QED) is 0.480. The maximum Gasteiger partial charge on any atom is 0.196 e. The van der Waals surface area contributed by atoms with E-state index in [0.29, 0.717) is 17.9 Å². The largest absolute Gasteiger partial charge is 0.385 e. The zero-order chi connectivity index (χ0) is 15.8. The normalized spacial score (nSPS) is 11.1. The highest BCUT2D eigenvalue weighted by molar-refractivity contribution is 8.07. The van der Waals surface area contributed by atoms with Gasteiger partial charge in [-0.1, -0.05) is 72.9 Å². The van der Waals surface area contributed by atoms with Gasteiger partial charge in [-0.05, 0) is 6.42 Å². The summed E-state index contributed by atoms with van der Waals surface area (Å²) in [4.78, 5) is 0. The second-order valence-corrected chi connectivity index (χ2v) is 8.27. The first-order valence-electron chi connectivity index (χ1n) is 7.18. The Morgan fingerprint density at radius 1 is 1.05 bits per heavy atom. The zero-order valence-electron chi connectivity index (χ0n) is 12.6. The molecule has 22 heavy (non-hydrogen) atoms. The number of nitrogens with one attached hydrogen (secondary N) is 1. The van der Waals surface area contributed by atoms with Crippen LogP contribution < -0.4 is 15.9 Å². The fourth-order valence-electron chi connectivity index (χ4n) is 2.18. The van der Waals surface area contributed by atoms with Gasteiger partial charge >= 0.3 is 0 Å². The van der Waals surface area contributed by atoms with Gasteiger partial charge in [-0.15, -0.1) is 0 Å². The summed E-state index contributed by atoms with van der Waals surface area (Å²) in [5.74, 6) is 0. The average Bonchev–Trinajstić information content (AvgIpc) is 2.59. The molecule has 0 aliphatic heterocycles. The van der Waals surface area contributed by atoms with Crippen LogP contribution in [-0.4, -0.2) is 25.0 Å². The molecule has 5 heteroatoms. The van der Waals surface area contributed by atoms with Crippen LogP contribution in [0.5, 0.6) is 0 Å². The van der Waals surface area contributed by atoms with Crippen LogP contribution in [0.15, 0.2) is 60.7 Å². The average molecular weight is 333 g/mol. The second kappa shape index (κ2) is 8.23. The van der Waals surface area contributed by atoms with Gasteiger partial charge in [0.2, 0.25) is 0 Å². The Bertz CT molecular complexity index is 603. The Balaban J connectivity index is 2.31. The van der Waals surface area contributed by atoms with Crippen molar-refractivity contribution in [2.24, 2.45) is 0 Å². The second-order valence-electron chi connectivity index (χ2n) is 4.86. The maximum atomic E-state index is 13.7. The summed E-state index contributed by atoms with van der Waals surface area (Å²) in [5.41, 5.74) is 0. The first-order chi connectivity index (χ1) is 10.7. The third kappa shape index (κ3) is 3.83. The van der Waals surface area contributed by atoms with Crippen LogP contribution in [0, 0.1) is 0 Å². The van der Waals surface area contributed by atoms with Crippen LogP contribution in [0.3, 0.4) is 0 Å². The molecule has 0 aliphatic carbocycles. The molecule has 2 rings (SSSR count). The van der Waals surface area contributed by atoms with Crippen LogP contribution in [-0.2, 0) is 9.30 Å². The van der Waals surface area contributed by atoms with Gasteiger partial charge in [-0.25, -0.2) is 0 Å². The summed E-state index contributed by atoms with van der Waals surface area (Å²) in [6, 6.07) is 18.9. The van der Waals surface area contributed by atoms with E-state index in [-0.39, 0.29) is 0 Å². The van der Waals surface area contributed by atoms with Crippen molar-refractivity contribution >= 4 is 34.7 Å². The van der Waals surface area contributed by atoms with Crippen molar-refractivity contribution < 1.29 is 9.30 Å². The van der Waals surface area contributed by atoms with Crippen molar-refractivity contribution in [1.82, 2.24) is 5.32 Å². The van der Waals surface area contributed by atoms with Crippen LogP contribution in [0.4, 0.5) is 0 Å². The van der Waals surface area contributed by atoms with E-state index in [4.69, 9.17) is 17.0 Å². The van der Waals surface area contributed by atoms with Gasteiger partial charge in [0.25, 0.3) is 0 Å². The predicted molar refractivity (Wildman–Crippen MR) is 96.9 cm³/mol. The number of thiocarbonyl (C=S) groups is 1. The van der Waals surface area contributed by atoms with Gasteiger partial charge in [-0.2, -0.15) is 0 Å². The molecule has 2 aromatic carbocycles. The van der Waals surface area contributed by atoms with Crippen molar-refractivity contribution in [2.45, 2.75) is 6.42 Å². The monoisotopic (exact) mass is 333 g/mol. The third-order valence-corrected chi connectivity index (χ3v) is 7.02. The molecule has 0 amide bonds. The topological polar surface area (TPSA) is 38.3 Å². The van der Waals surface area contributed by atoms with Gasteiger partial charge in [0.1, 0.15) is 4.73 Å². The number of rotatable bonds is 7. The lowest BCUT2D eigenvalue weighted by molar-refractivity contribution is 0.196. The van der Waals surface area contributed by atoms with E-state index in [1.807, 2.05) is 60.7 Å². The Labute approximate surface area is 137 Å². The minimum absolute atomic E-state index is 0.404. The SMILES string of the molecule is COCCCNC(=S)P(=O)(c1ccccc1)c1ccccc1. The Hall–Kier alpha value is -1.48. The number of hydrogen-bond acceptors (Lipinski definition) is 3. The van der Waals surface area contributed by atoms with E-state index in [2.05, 4.69) is 5.32 Å². The van der Waals surface area contributed by atoms with Gasteiger partial charge < -0.3 is 14.6 Å². The molecule has 0 aliphatic rings. The van der Waals surface area contributed by atoms with Gasteiger partial charge in [0.15, 0.2) is 7.14 Å². The molecule has 0 heterocycles. The first-order valence-corrected chi connectivity index (χ1v) is 9.29. The fraction of sp³-hybridized carbons (Fsp3) is 0.235. The molecule has 0 aromatic heterocycles. The summed E-state index contributed by atoms with van der Waals surface area (Å²) in [7, 11) is -1.32. The lowest BCUT2D eigenvalue weighted by Crippen LogP contribution is -2.31. The molecule has 0 radical (unpaired) electrons. The molecular formula is C17H20NO2PS. The van der Waals surface area contributed by atoms with Crippen LogP contribution in [0.1, 0.15) is 6.42 Å². The Kier molecular flexibility index (Phi) is 6.32. The predicted octanol–water partition coefficient (Wildman–Crippen LogP) is 2.91. The molecule has 3 nitrogen and oxygen atoms in total. The van der Waals surface area contributed by atoms with E-state index >= 15 is 0 Å². The van der Waals surface area contributed by atoms with Crippen LogP contribution >= 0.6 is 19.4 Å². The van der Waals surface area contributed by atoms with Crippen molar-refractivity contribution in [2.75, 3.05) is 20.3 Å². The smallest absolute Gasteiger partial charge is 0.196 e. The molecule has 1 N–H and O–H groups in total. The zero-order valence-corrected chi connectivity index (χ0v) is 14.3. The molecule has 0 fully saturated rings. The van der Waals surface area contributed by atoms with E-state index in [1.54, 1.807) is 7.11 Å². The van der Waals surface area contributed by atoms with E-state index in [0.717, 1.165) is 17.0 Å². The summed E-state index contributed by atoms with van der Waals surface area (Å²) < 4.78 is 19.2. The molecule has 0 saturated carbocycles. The Morgan fingerprint density at radius 2 is 1.55 bits per heavy atom. The molecule has 0 atom stereocenters. The lowest BCUT2D eigenvalue weighted by atomic mass is 10.4. The summed E-state index contributed by atoms with van der Waals surface area (Å²) in [6.45, 7) is 1.30. The summed E-state index contributed by atoms with van der Waals surface area (Å²) in [6.07, 6.45) is 0.820. The van der Waals surface area contributed by atoms with Crippen molar-refractivity contribution in [3.63, 3.8) is 0 Å². The van der Waals surface area contributed by atoms with Crippen molar-refractivity contribution in [1.29, 1.82) is 0 Å². The first kappa shape index (κ1) is 16.9. The van der Waals surface area contributed by atoms with Crippen LogP contribution in [0.2, 0.25) is 0 Å². The van der Waals surface area contributed by atoms with Gasteiger partial charge in [0.05, 0.1) is 0 Å². The lowest BCUT2D eigenvalue weighted by Gasteiger charge is -2.21. The molecule has 0 spiro atoms. The minimum atomic E-state index is -2.98. The maximum absolute atomic E-state index is 13.7. The number of benzene rings is 2. The molecule has 0 saturated heterocycles. The van der Waals surface area contributed by atoms with E-state index in [9.17, 15) is 4.57 Å². The standard InChI is InChI=1S/C17H20NO2PS/c1-20-14-8-13-18-17(22)21(19,15-9-4-2-5-10-15)16-11-6-3-7-12-16/h2-7,9-12H,8,13-14H2,1H3,(H,18,22). The minimum Gasteiger partial charge on any atom is -0.385 e. The fourth-order valence-corrected chi connectivity index (χ4v) is 5.20. The van der Waals surface area contributed by atoms with Crippen LogP contribution in [0.25, 0.3) is 0 Å². The van der Waals surface area contributed by atoms with Crippen molar-refractivity contribution in [3.05, 3.63) is 60.7 Å². The molecule has 116 valence electrons. The highest BCUT2D eigenvalue weighted by Gasteiger charge is 2.31. The van der Waals surface area contributed by atoms with Gasteiger partial charge in [0, 0.05) is 30.9 Å². The third-order valence-electron chi connectivity index (χ3n) is 3.33. The highest BCUT2D eigenvalue weighted by atomic mass is 32.1. The van der Waals surface area contributed by atoms with Crippen molar-refractivity contribution in [3.8, 4) is 0 Å². The van der Waals surface area contributed by atoms with E-state index < -0.39 is 7.14 Å². The highest BCUT2D eigenvalue weighted by Crippen LogP contribution is 2.44. The van der Waals surface area contributed by atoms with Gasteiger partial charge in [-0.3, -0.25) is 0 Å². The molecule has 0 unspecified atom stereocenters.